The van der Waals surface area contributed by atoms with Crippen molar-refractivity contribution in [3.63, 3.8) is 0 Å². The number of likely N-dealkylation sites (N-methyl/N-ethyl adjacent to an activating group) is 1. The first-order valence-corrected chi connectivity index (χ1v) is 12.5. The van der Waals surface area contributed by atoms with E-state index in [0.717, 1.165) is 43.9 Å². The lowest BCUT2D eigenvalue weighted by Gasteiger charge is -2.30. The van der Waals surface area contributed by atoms with Crippen molar-refractivity contribution in [3.05, 3.63) is 69.0 Å². The highest BCUT2D eigenvalue weighted by Crippen LogP contribution is 2.36. The Morgan fingerprint density at radius 1 is 1.08 bits per heavy atom. The predicted octanol–water partition coefficient (Wildman–Crippen LogP) is 4.48. The second-order valence-corrected chi connectivity index (χ2v) is 10.2. The summed E-state index contributed by atoms with van der Waals surface area (Å²) in [5.74, 6) is -1.37. The van der Waals surface area contributed by atoms with Gasteiger partial charge in [-0.05, 0) is 42.4 Å². The van der Waals surface area contributed by atoms with E-state index in [1.165, 1.54) is 6.07 Å². The van der Waals surface area contributed by atoms with Gasteiger partial charge in [0.2, 0.25) is 5.91 Å². The molecule has 1 amide bonds. The SMILES string of the molecule is CN(Cc1ccc(C(F)(F)F)c(F)c1)C1CN(C(=O)CN2CCNCC2)C[C@@H]1c1ccc(Cl)c(Cl)c1. The van der Waals surface area contributed by atoms with Crippen LogP contribution in [0.15, 0.2) is 36.4 Å². The van der Waals surface area contributed by atoms with Gasteiger partial charge in [0.05, 0.1) is 22.2 Å². The van der Waals surface area contributed by atoms with Crippen molar-refractivity contribution in [3.8, 4) is 0 Å². The number of benzene rings is 2. The number of hydrogen-bond donors (Lipinski definition) is 1. The molecule has 36 heavy (non-hydrogen) atoms. The van der Waals surface area contributed by atoms with E-state index in [2.05, 4.69) is 10.2 Å². The maximum atomic E-state index is 14.2. The third kappa shape index (κ3) is 6.31. The average Bonchev–Trinajstić information content (AvgIpc) is 3.27. The summed E-state index contributed by atoms with van der Waals surface area (Å²) in [6, 6.07) is 8.22. The Kier molecular flexibility index (Phi) is 8.46. The van der Waals surface area contributed by atoms with Crippen molar-refractivity contribution in [2.24, 2.45) is 0 Å². The molecule has 196 valence electrons. The lowest BCUT2D eigenvalue weighted by Crippen LogP contribution is -2.48. The summed E-state index contributed by atoms with van der Waals surface area (Å²) >= 11 is 12.4. The molecular formula is C25H28Cl2F4N4O. The quantitative estimate of drug-likeness (QED) is 0.542. The molecule has 0 radical (unpaired) electrons. The molecule has 2 aromatic carbocycles. The number of rotatable bonds is 6. The van der Waals surface area contributed by atoms with Crippen LogP contribution < -0.4 is 5.32 Å². The Balaban J connectivity index is 1.53. The molecule has 2 atom stereocenters. The summed E-state index contributed by atoms with van der Waals surface area (Å²) in [6.07, 6.45) is -4.75. The third-order valence-corrected chi connectivity index (χ3v) is 7.66. The molecule has 1 unspecified atom stereocenters. The van der Waals surface area contributed by atoms with E-state index >= 15 is 0 Å². The minimum atomic E-state index is -4.75. The van der Waals surface area contributed by atoms with Gasteiger partial charge in [0.15, 0.2) is 0 Å². The minimum absolute atomic E-state index is 0.0263. The van der Waals surface area contributed by atoms with Gasteiger partial charge < -0.3 is 10.2 Å². The van der Waals surface area contributed by atoms with Gasteiger partial charge in [0.1, 0.15) is 5.82 Å². The Bertz CT molecular complexity index is 1090. The highest BCUT2D eigenvalue weighted by Gasteiger charge is 2.39. The highest BCUT2D eigenvalue weighted by atomic mass is 35.5. The molecule has 4 rings (SSSR count). The Hall–Kier alpha value is -1.91. The zero-order valence-electron chi connectivity index (χ0n) is 19.8. The Morgan fingerprint density at radius 2 is 1.81 bits per heavy atom. The van der Waals surface area contributed by atoms with E-state index in [1.54, 1.807) is 12.1 Å². The third-order valence-electron chi connectivity index (χ3n) is 6.92. The van der Waals surface area contributed by atoms with Gasteiger partial charge in [0.25, 0.3) is 0 Å². The number of halogens is 6. The van der Waals surface area contributed by atoms with Crippen molar-refractivity contribution in [1.29, 1.82) is 0 Å². The molecule has 0 bridgehead atoms. The molecule has 2 aromatic rings. The maximum Gasteiger partial charge on any atom is 0.419 e. The van der Waals surface area contributed by atoms with Crippen LogP contribution in [0.3, 0.4) is 0 Å². The fourth-order valence-electron chi connectivity index (χ4n) is 4.96. The zero-order chi connectivity index (χ0) is 26.0. The van der Waals surface area contributed by atoms with E-state index < -0.39 is 17.6 Å². The van der Waals surface area contributed by atoms with Crippen molar-refractivity contribution in [2.45, 2.75) is 24.7 Å². The smallest absolute Gasteiger partial charge is 0.339 e. The standard InChI is InChI=1S/C25H28Cl2F4N4O/c1-33(12-16-2-4-19(22(28)10-16)25(29,30)31)23-14-35(24(36)15-34-8-6-32-7-9-34)13-18(23)17-3-5-20(26)21(27)11-17/h2-5,10-11,18,23,32H,6-9,12-15H2,1H3/t18-,23?/m1/s1. The number of carbonyl (C=O) groups excluding carboxylic acids is 1. The van der Waals surface area contributed by atoms with Crippen LogP contribution in [0, 0.1) is 5.82 Å². The van der Waals surface area contributed by atoms with Gasteiger partial charge >= 0.3 is 6.18 Å². The summed E-state index contributed by atoms with van der Waals surface area (Å²) < 4.78 is 53.0. The topological polar surface area (TPSA) is 38.8 Å². The lowest BCUT2D eigenvalue weighted by atomic mass is 9.93. The number of nitrogens with one attached hydrogen (secondary N) is 1. The molecule has 0 aromatic heterocycles. The van der Waals surface area contributed by atoms with E-state index in [9.17, 15) is 22.4 Å². The lowest BCUT2D eigenvalue weighted by molar-refractivity contribution is -0.140. The zero-order valence-corrected chi connectivity index (χ0v) is 21.3. The van der Waals surface area contributed by atoms with Crippen LogP contribution in [0.2, 0.25) is 10.0 Å². The van der Waals surface area contributed by atoms with Crippen LogP contribution in [0.1, 0.15) is 22.6 Å². The van der Waals surface area contributed by atoms with Crippen LogP contribution in [-0.2, 0) is 17.5 Å². The molecule has 1 N–H and O–H groups in total. The number of amides is 1. The molecule has 2 heterocycles. The number of nitrogens with zero attached hydrogens (tertiary/aromatic N) is 3. The molecule has 5 nitrogen and oxygen atoms in total. The Labute approximate surface area is 217 Å². The molecule has 0 aliphatic carbocycles. The fraction of sp³-hybridized carbons (Fsp3) is 0.480. The molecule has 2 aliphatic heterocycles. The van der Waals surface area contributed by atoms with Gasteiger partial charge in [-0.15, -0.1) is 0 Å². The second-order valence-electron chi connectivity index (χ2n) is 9.40. The van der Waals surface area contributed by atoms with Crippen molar-refractivity contribution < 1.29 is 22.4 Å². The van der Waals surface area contributed by atoms with Crippen molar-refractivity contribution in [1.82, 2.24) is 20.0 Å². The largest absolute Gasteiger partial charge is 0.419 e. The number of alkyl halides is 3. The Morgan fingerprint density at radius 3 is 2.44 bits per heavy atom. The average molecular weight is 547 g/mol. The normalized spacial score (nSPS) is 21.4. The second kappa shape index (κ2) is 11.2. The van der Waals surface area contributed by atoms with Gasteiger partial charge in [0, 0.05) is 57.8 Å². The van der Waals surface area contributed by atoms with E-state index in [4.69, 9.17) is 23.2 Å². The monoisotopic (exact) mass is 546 g/mol. The predicted molar refractivity (Wildman–Crippen MR) is 132 cm³/mol. The fourth-order valence-corrected chi connectivity index (χ4v) is 5.27. The van der Waals surface area contributed by atoms with Crippen LogP contribution in [0.5, 0.6) is 0 Å². The first-order chi connectivity index (χ1) is 17.0. The number of hydrogen-bond acceptors (Lipinski definition) is 4. The van der Waals surface area contributed by atoms with Crippen LogP contribution in [0.25, 0.3) is 0 Å². The van der Waals surface area contributed by atoms with E-state index in [1.807, 2.05) is 22.9 Å². The molecule has 11 heteroatoms. The van der Waals surface area contributed by atoms with Gasteiger partial charge in [-0.1, -0.05) is 35.3 Å². The molecule has 0 spiro atoms. The van der Waals surface area contributed by atoms with Crippen LogP contribution in [-0.4, -0.2) is 79.5 Å². The first kappa shape index (κ1) is 27.1. The number of carbonyl (C=O) groups is 1. The summed E-state index contributed by atoms with van der Waals surface area (Å²) in [5.41, 5.74) is 0.0481. The summed E-state index contributed by atoms with van der Waals surface area (Å²) in [4.78, 5) is 19.1. The van der Waals surface area contributed by atoms with Gasteiger partial charge in [-0.25, -0.2) is 4.39 Å². The molecule has 0 saturated carbocycles. The molecule has 2 fully saturated rings. The maximum absolute atomic E-state index is 14.2. The van der Waals surface area contributed by atoms with Crippen LogP contribution in [0.4, 0.5) is 17.6 Å². The number of piperazine rings is 1. The summed E-state index contributed by atoms with van der Waals surface area (Å²) in [5, 5.41) is 4.11. The molecule has 2 aliphatic rings. The summed E-state index contributed by atoms with van der Waals surface area (Å²) in [6.45, 7) is 4.75. The first-order valence-electron chi connectivity index (χ1n) is 11.7. The van der Waals surface area contributed by atoms with E-state index in [-0.39, 0.29) is 24.4 Å². The highest BCUT2D eigenvalue weighted by molar-refractivity contribution is 6.42. The minimum Gasteiger partial charge on any atom is -0.339 e. The van der Waals surface area contributed by atoms with Crippen LogP contribution >= 0.6 is 23.2 Å². The van der Waals surface area contributed by atoms with Crippen molar-refractivity contribution in [2.75, 3.05) is 52.9 Å². The van der Waals surface area contributed by atoms with E-state index in [0.29, 0.717) is 35.2 Å². The number of likely N-dealkylation sites (tertiary alicyclic amines) is 1. The molecule has 2 saturated heterocycles. The van der Waals surface area contributed by atoms with Crippen molar-refractivity contribution >= 4 is 29.1 Å². The van der Waals surface area contributed by atoms with Gasteiger partial charge in [-0.2, -0.15) is 13.2 Å². The molecular weight excluding hydrogens is 519 g/mol. The summed E-state index contributed by atoms with van der Waals surface area (Å²) in [7, 11) is 1.83. The van der Waals surface area contributed by atoms with Gasteiger partial charge in [-0.3, -0.25) is 14.6 Å².